The Labute approximate surface area is 346 Å². The van der Waals surface area contributed by atoms with Crippen LogP contribution >= 0.6 is 11.8 Å². The van der Waals surface area contributed by atoms with E-state index in [-0.39, 0.29) is 16.6 Å². The molecule has 1 amide bonds. The van der Waals surface area contributed by atoms with Gasteiger partial charge in [-0.25, -0.2) is 4.99 Å². The van der Waals surface area contributed by atoms with Crippen LogP contribution in [0.3, 0.4) is 0 Å². The number of nitrogens with zero attached hydrogens (tertiary/aromatic N) is 3. The van der Waals surface area contributed by atoms with E-state index in [9.17, 15) is 43.2 Å². The van der Waals surface area contributed by atoms with Crippen LogP contribution in [0.4, 0.5) is 0 Å². The number of aromatic nitrogens is 1. The number of esters is 8. The monoisotopic (exact) mass is 865 g/mol. The molecule has 3 aliphatic heterocycles. The molecule has 0 saturated carbocycles. The third-order valence-electron chi connectivity index (χ3n) is 8.22. The molecule has 2 saturated heterocycles. The predicted molar refractivity (Wildman–Crippen MR) is 198 cm³/mol. The van der Waals surface area contributed by atoms with Gasteiger partial charge in [-0.2, -0.15) is 0 Å². The van der Waals surface area contributed by atoms with E-state index in [0.29, 0.717) is 11.8 Å². The highest BCUT2D eigenvalue weighted by Gasteiger charge is 2.58. The number of hydrogen-bond donors (Lipinski definition) is 0. The quantitative estimate of drug-likeness (QED) is 0.148. The van der Waals surface area contributed by atoms with E-state index >= 15 is 0 Å². The Morgan fingerprint density at radius 1 is 0.617 bits per heavy atom. The molecule has 3 aliphatic rings. The van der Waals surface area contributed by atoms with Gasteiger partial charge in [-0.3, -0.25) is 53.0 Å². The lowest BCUT2D eigenvalue weighted by Crippen LogP contribution is -2.67. The first-order valence-electron chi connectivity index (χ1n) is 18.1. The van der Waals surface area contributed by atoms with Crippen molar-refractivity contribution in [3.8, 4) is 0 Å². The average Bonchev–Trinajstić information content (AvgIpc) is 3.43. The molecule has 0 radical (unpaired) electrons. The Bertz CT molecular complexity index is 1910. The first-order chi connectivity index (χ1) is 28.2. The van der Waals surface area contributed by atoms with Crippen LogP contribution in [0.5, 0.6) is 0 Å². The fraction of sp³-hybridized carbons (Fsp3) is 0.541. The smallest absolute Gasteiger partial charge is 0.303 e. The van der Waals surface area contributed by atoms with Crippen LogP contribution in [-0.4, -0.2) is 142 Å². The Kier molecular flexibility index (Phi) is 16.2. The van der Waals surface area contributed by atoms with Gasteiger partial charge in [0.05, 0.1) is 5.69 Å². The van der Waals surface area contributed by atoms with Gasteiger partial charge >= 0.3 is 47.8 Å². The van der Waals surface area contributed by atoms with Gasteiger partial charge in [0.2, 0.25) is 0 Å². The zero-order valence-electron chi connectivity index (χ0n) is 33.6. The summed E-state index contributed by atoms with van der Waals surface area (Å²) in [5, 5.41) is -0.330. The van der Waals surface area contributed by atoms with Crippen LogP contribution in [0.2, 0.25) is 0 Å². The van der Waals surface area contributed by atoms with E-state index < -0.39 is 127 Å². The average molecular weight is 866 g/mol. The number of carbonyl (C=O) groups is 9. The summed E-state index contributed by atoms with van der Waals surface area (Å²) in [5.74, 6) is -7.98. The van der Waals surface area contributed by atoms with Gasteiger partial charge in [0.25, 0.3) is 5.91 Å². The fourth-order valence-corrected chi connectivity index (χ4v) is 7.42. The molecule has 22 nitrogen and oxygen atoms in total. The number of aliphatic imine (C=N–C) groups is 1. The molecule has 23 heteroatoms. The molecular formula is C37H43N3O19S. The minimum absolute atomic E-state index is 0.254. The summed E-state index contributed by atoms with van der Waals surface area (Å²) in [4.78, 5) is 123. The summed E-state index contributed by atoms with van der Waals surface area (Å²) in [5.41, 5.74) is -1.58. The van der Waals surface area contributed by atoms with Crippen molar-refractivity contribution in [1.82, 2.24) is 9.88 Å². The topological polar surface area (TPSA) is 274 Å². The Morgan fingerprint density at radius 3 is 1.53 bits per heavy atom. The fourth-order valence-electron chi connectivity index (χ4n) is 6.22. The molecule has 0 spiro atoms. The molecule has 0 unspecified atom stereocenters. The second-order valence-corrected chi connectivity index (χ2v) is 14.2. The minimum atomic E-state index is -1.83. The first-order valence-corrected chi connectivity index (χ1v) is 19.0. The maximum atomic E-state index is 14.6. The van der Waals surface area contributed by atoms with Crippen LogP contribution in [0.15, 0.2) is 35.1 Å². The third-order valence-corrected chi connectivity index (χ3v) is 9.33. The van der Waals surface area contributed by atoms with Crippen molar-refractivity contribution in [3.63, 3.8) is 0 Å². The van der Waals surface area contributed by atoms with E-state index in [2.05, 4.69) is 9.98 Å². The van der Waals surface area contributed by atoms with Crippen LogP contribution < -0.4 is 0 Å². The van der Waals surface area contributed by atoms with Crippen molar-refractivity contribution in [3.05, 3.63) is 35.8 Å². The van der Waals surface area contributed by atoms with E-state index in [1.807, 2.05) is 0 Å². The van der Waals surface area contributed by atoms with Gasteiger partial charge < -0.3 is 47.4 Å². The summed E-state index contributed by atoms with van der Waals surface area (Å²) in [6, 6.07) is 4.81. The number of carbonyl (C=O) groups excluding carboxylic acids is 9. The van der Waals surface area contributed by atoms with Crippen molar-refractivity contribution in [2.75, 3.05) is 13.2 Å². The normalized spacial score (nSPS) is 28.1. The van der Waals surface area contributed by atoms with Gasteiger partial charge in [-0.05, 0) is 18.2 Å². The second kappa shape index (κ2) is 20.8. The van der Waals surface area contributed by atoms with Crippen molar-refractivity contribution in [2.45, 2.75) is 116 Å². The van der Waals surface area contributed by atoms with Gasteiger partial charge in [-0.15, -0.1) is 0 Å². The number of ether oxygens (including phenoxy) is 10. The molecule has 326 valence electrons. The number of rotatable bonds is 13. The molecular weight excluding hydrogens is 822 g/mol. The van der Waals surface area contributed by atoms with Crippen molar-refractivity contribution >= 4 is 76.7 Å². The van der Waals surface area contributed by atoms with E-state index in [0.717, 1.165) is 60.3 Å². The molecule has 4 heterocycles. The van der Waals surface area contributed by atoms with Crippen LogP contribution in [0.1, 0.15) is 61.1 Å². The molecule has 1 aromatic heterocycles. The van der Waals surface area contributed by atoms with E-state index in [4.69, 9.17) is 47.4 Å². The second-order valence-electron chi connectivity index (χ2n) is 13.1. The van der Waals surface area contributed by atoms with Gasteiger partial charge in [-0.1, -0.05) is 17.8 Å². The highest BCUT2D eigenvalue weighted by atomic mass is 32.2. The number of hydrogen-bond acceptors (Lipinski definition) is 22. The van der Waals surface area contributed by atoms with Gasteiger partial charge in [0, 0.05) is 61.6 Å². The number of thioether (sulfide) groups is 1. The Morgan fingerprint density at radius 2 is 1.07 bits per heavy atom. The SMILES string of the molecule is CC(=O)OC[C@H]1O[C@@H](N2C(=O)/C(=C/c3ccccn3)N=C2S[C@@H]2O[C@H](COC(C)=O)[C@H](OC(C)=O)[C@H](OC(C)=O)[C@H]2OC(C)=O)[C@H](OC(C)=O)[C@@H](OC(C)=O)[C@H]1OC(C)=O. The summed E-state index contributed by atoms with van der Waals surface area (Å²) in [7, 11) is 0. The van der Waals surface area contributed by atoms with Crippen molar-refractivity contribution in [2.24, 2.45) is 4.99 Å². The molecule has 2 fully saturated rings. The molecule has 0 bridgehead atoms. The molecule has 0 aromatic carbocycles. The lowest BCUT2D eigenvalue weighted by Gasteiger charge is -2.47. The minimum Gasteiger partial charge on any atom is -0.463 e. The summed E-state index contributed by atoms with van der Waals surface area (Å²) >= 11 is 0.578. The van der Waals surface area contributed by atoms with E-state index in [1.165, 1.54) is 12.3 Å². The molecule has 4 rings (SSSR count). The Balaban J connectivity index is 1.94. The largest absolute Gasteiger partial charge is 0.463 e. The zero-order chi connectivity index (χ0) is 44.4. The van der Waals surface area contributed by atoms with Gasteiger partial charge in [0.15, 0.2) is 53.5 Å². The highest BCUT2D eigenvalue weighted by Crippen LogP contribution is 2.40. The van der Waals surface area contributed by atoms with Crippen LogP contribution in [0.25, 0.3) is 6.08 Å². The lowest BCUT2D eigenvalue weighted by molar-refractivity contribution is -0.268. The molecule has 10 atom stereocenters. The molecule has 0 aliphatic carbocycles. The zero-order valence-corrected chi connectivity index (χ0v) is 34.4. The molecule has 0 N–H and O–H groups in total. The van der Waals surface area contributed by atoms with Gasteiger partial charge in [0.1, 0.15) is 31.1 Å². The highest BCUT2D eigenvalue weighted by molar-refractivity contribution is 8.14. The predicted octanol–water partition coefficient (Wildman–Crippen LogP) is 0.520. The maximum Gasteiger partial charge on any atom is 0.303 e. The summed E-state index contributed by atoms with van der Waals surface area (Å²) in [6.07, 6.45) is -11.8. The first kappa shape index (κ1) is 46.7. The molecule has 60 heavy (non-hydrogen) atoms. The number of amides is 1. The lowest BCUT2D eigenvalue weighted by atomic mass is 9.96. The van der Waals surface area contributed by atoms with Crippen molar-refractivity contribution < 1.29 is 90.5 Å². The van der Waals surface area contributed by atoms with Crippen LogP contribution in [-0.2, 0) is 90.5 Å². The maximum absolute atomic E-state index is 14.6. The molecule has 1 aromatic rings. The number of amidine groups is 1. The van der Waals surface area contributed by atoms with Crippen LogP contribution in [0, 0.1) is 0 Å². The van der Waals surface area contributed by atoms with E-state index in [1.54, 1.807) is 18.2 Å². The summed E-state index contributed by atoms with van der Waals surface area (Å²) in [6.45, 7) is 7.16. The standard InChI is InChI=1S/C37H43N3O19S/c1-16(41)50-14-26-28(52-18(3)43)30(54-20(5)45)32(56-22(7)47)35(58-26)40-34(49)25(13-24-11-9-10-12-38-24)39-37(40)60-36-33(57-23(8)48)31(55-21(6)46)29(53-19(4)44)27(59-36)15-51-17(2)42/h9-13,26-33,35-36H,14-15H2,1-8H3/b25-13-/t26-,27-,28+,29+,30+,31+,32-,33-,35-,36+/m1/s1. The Hall–Kier alpha value is -5.94. The number of pyridine rings is 1. The third kappa shape index (κ3) is 12.5. The van der Waals surface area contributed by atoms with Crippen molar-refractivity contribution in [1.29, 1.82) is 0 Å². The summed E-state index contributed by atoms with van der Waals surface area (Å²) < 4.78 is 56.2.